The molecule has 0 radical (unpaired) electrons. The SMILES string of the molecule is C[Si](C)(C)n1cc(N2CCCCCC2)cn1. The van der Waals surface area contributed by atoms with Crippen molar-refractivity contribution in [2.45, 2.75) is 45.3 Å². The molecule has 1 aliphatic rings. The first-order chi connectivity index (χ1) is 7.57. The van der Waals surface area contributed by atoms with Crippen molar-refractivity contribution in [3.05, 3.63) is 12.4 Å². The Balaban J connectivity index is 2.11. The van der Waals surface area contributed by atoms with Gasteiger partial charge in [0.1, 0.15) is 0 Å². The van der Waals surface area contributed by atoms with E-state index >= 15 is 0 Å². The highest BCUT2D eigenvalue weighted by Crippen LogP contribution is 2.20. The second-order valence-corrected chi connectivity index (χ2v) is 10.5. The highest BCUT2D eigenvalue weighted by molar-refractivity contribution is 6.74. The quantitative estimate of drug-likeness (QED) is 0.737. The maximum Gasteiger partial charge on any atom is 0.176 e. The summed E-state index contributed by atoms with van der Waals surface area (Å²) in [5.74, 6) is 0. The number of rotatable bonds is 2. The molecule has 0 aliphatic carbocycles. The van der Waals surface area contributed by atoms with Gasteiger partial charge >= 0.3 is 0 Å². The fourth-order valence-corrected chi connectivity index (χ4v) is 3.10. The van der Waals surface area contributed by atoms with Crippen LogP contribution in [0.15, 0.2) is 12.4 Å². The molecule has 0 N–H and O–H groups in total. The van der Waals surface area contributed by atoms with E-state index in [2.05, 4.69) is 40.2 Å². The van der Waals surface area contributed by atoms with Gasteiger partial charge in [0.15, 0.2) is 8.24 Å². The van der Waals surface area contributed by atoms with Crippen LogP contribution in [0, 0.1) is 0 Å². The third-order valence-corrected chi connectivity index (χ3v) is 4.85. The Morgan fingerprint density at radius 2 is 1.69 bits per heavy atom. The largest absolute Gasteiger partial charge is 0.369 e. The van der Waals surface area contributed by atoms with Gasteiger partial charge in [0, 0.05) is 19.3 Å². The summed E-state index contributed by atoms with van der Waals surface area (Å²) >= 11 is 0. The van der Waals surface area contributed by atoms with Crippen LogP contribution in [-0.2, 0) is 0 Å². The first kappa shape index (κ1) is 11.7. The van der Waals surface area contributed by atoms with Gasteiger partial charge in [-0.05, 0) is 32.5 Å². The van der Waals surface area contributed by atoms with E-state index in [1.807, 2.05) is 6.20 Å². The average molecular weight is 237 g/mol. The van der Waals surface area contributed by atoms with Crippen LogP contribution in [0.4, 0.5) is 5.69 Å². The van der Waals surface area contributed by atoms with Crippen molar-refractivity contribution in [1.82, 2.24) is 9.45 Å². The molecule has 1 aliphatic heterocycles. The van der Waals surface area contributed by atoms with E-state index < -0.39 is 8.24 Å². The molecule has 4 heteroatoms. The molecule has 1 aromatic heterocycles. The second-order valence-electron chi connectivity index (χ2n) is 5.72. The first-order valence-electron chi connectivity index (χ1n) is 6.37. The molecule has 1 aromatic rings. The van der Waals surface area contributed by atoms with Crippen molar-refractivity contribution in [1.29, 1.82) is 0 Å². The van der Waals surface area contributed by atoms with Gasteiger partial charge in [0.2, 0.25) is 0 Å². The van der Waals surface area contributed by atoms with Crippen molar-refractivity contribution in [2.24, 2.45) is 0 Å². The van der Waals surface area contributed by atoms with Crippen molar-refractivity contribution in [2.75, 3.05) is 18.0 Å². The fourth-order valence-electron chi connectivity index (χ4n) is 2.17. The smallest absolute Gasteiger partial charge is 0.176 e. The molecule has 0 atom stereocenters. The Morgan fingerprint density at radius 3 is 2.19 bits per heavy atom. The van der Waals surface area contributed by atoms with Gasteiger partial charge in [0.25, 0.3) is 0 Å². The van der Waals surface area contributed by atoms with E-state index in [0.29, 0.717) is 0 Å². The van der Waals surface area contributed by atoms with E-state index in [1.54, 1.807) is 0 Å². The summed E-state index contributed by atoms with van der Waals surface area (Å²) in [6.45, 7) is 9.39. The van der Waals surface area contributed by atoms with Crippen LogP contribution in [0.1, 0.15) is 25.7 Å². The van der Waals surface area contributed by atoms with E-state index in [0.717, 1.165) is 0 Å². The van der Waals surface area contributed by atoms with E-state index in [9.17, 15) is 0 Å². The maximum atomic E-state index is 4.53. The van der Waals surface area contributed by atoms with Crippen LogP contribution in [0.25, 0.3) is 0 Å². The number of nitrogens with zero attached hydrogens (tertiary/aromatic N) is 3. The van der Waals surface area contributed by atoms with E-state index in [4.69, 9.17) is 0 Å². The Hall–Kier alpha value is -0.773. The van der Waals surface area contributed by atoms with Gasteiger partial charge < -0.3 is 4.90 Å². The van der Waals surface area contributed by atoms with Gasteiger partial charge in [-0.3, -0.25) is 4.35 Å². The molecule has 0 amide bonds. The van der Waals surface area contributed by atoms with Gasteiger partial charge in [-0.15, -0.1) is 0 Å². The lowest BCUT2D eigenvalue weighted by atomic mass is 10.2. The maximum absolute atomic E-state index is 4.53. The number of hydrogen-bond acceptors (Lipinski definition) is 2. The minimum atomic E-state index is -1.31. The van der Waals surface area contributed by atoms with Crippen LogP contribution >= 0.6 is 0 Å². The molecule has 2 heterocycles. The van der Waals surface area contributed by atoms with Gasteiger partial charge in [-0.25, -0.2) is 0 Å². The van der Waals surface area contributed by atoms with Crippen LogP contribution in [-0.4, -0.2) is 30.8 Å². The molecule has 1 saturated heterocycles. The lowest BCUT2D eigenvalue weighted by molar-refractivity contribution is 0.726. The lowest BCUT2D eigenvalue weighted by Gasteiger charge is -2.21. The average Bonchev–Trinajstić information content (AvgIpc) is 2.55. The number of hydrogen-bond donors (Lipinski definition) is 0. The zero-order chi connectivity index (χ0) is 11.6. The van der Waals surface area contributed by atoms with Crippen LogP contribution in [0.5, 0.6) is 0 Å². The summed E-state index contributed by atoms with van der Waals surface area (Å²) in [4.78, 5) is 2.50. The molecular weight excluding hydrogens is 214 g/mol. The molecule has 0 saturated carbocycles. The first-order valence-corrected chi connectivity index (χ1v) is 9.82. The van der Waals surface area contributed by atoms with Crippen LogP contribution in [0.3, 0.4) is 0 Å². The van der Waals surface area contributed by atoms with Crippen molar-refractivity contribution in [3.63, 3.8) is 0 Å². The molecule has 0 bridgehead atoms. The fraction of sp³-hybridized carbons (Fsp3) is 0.750. The summed E-state index contributed by atoms with van der Waals surface area (Å²) in [6.07, 6.45) is 9.73. The Labute approximate surface area is 99.5 Å². The molecule has 90 valence electrons. The zero-order valence-corrected chi connectivity index (χ0v) is 11.7. The molecule has 0 aromatic carbocycles. The second kappa shape index (κ2) is 4.61. The minimum absolute atomic E-state index is 1.21. The number of anilines is 1. The summed E-state index contributed by atoms with van der Waals surface area (Å²) in [5.41, 5.74) is 1.32. The molecule has 16 heavy (non-hydrogen) atoms. The molecule has 3 nitrogen and oxygen atoms in total. The summed E-state index contributed by atoms with van der Waals surface area (Å²) in [6, 6.07) is 0. The van der Waals surface area contributed by atoms with Gasteiger partial charge in [-0.1, -0.05) is 12.8 Å². The Morgan fingerprint density at radius 1 is 1.06 bits per heavy atom. The van der Waals surface area contributed by atoms with Gasteiger partial charge in [0.05, 0.1) is 11.9 Å². The van der Waals surface area contributed by atoms with Gasteiger partial charge in [-0.2, -0.15) is 5.10 Å². The summed E-state index contributed by atoms with van der Waals surface area (Å²) in [5, 5.41) is 4.53. The zero-order valence-electron chi connectivity index (χ0n) is 10.7. The van der Waals surface area contributed by atoms with Crippen LogP contribution < -0.4 is 4.90 Å². The van der Waals surface area contributed by atoms with E-state index in [1.165, 1.54) is 44.5 Å². The van der Waals surface area contributed by atoms with E-state index in [-0.39, 0.29) is 0 Å². The number of aromatic nitrogens is 2. The third-order valence-electron chi connectivity index (χ3n) is 3.23. The normalized spacial score (nSPS) is 18.6. The van der Waals surface area contributed by atoms with Crippen molar-refractivity contribution < 1.29 is 0 Å². The van der Waals surface area contributed by atoms with Crippen molar-refractivity contribution in [3.8, 4) is 0 Å². The third kappa shape index (κ3) is 2.67. The highest BCUT2D eigenvalue weighted by Gasteiger charge is 2.19. The standard InChI is InChI=1S/C12H23N3Si/c1-16(2,3)15-11-12(10-13-15)14-8-6-4-5-7-9-14/h10-11H,4-9H2,1-3H3. The molecular formula is C12H23N3Si. The monoisotopic (exact) mass is 237 g/mol. The Kier molecular flexibility index (Phi) is 3.38. The summed E-state index contributed by atoms with van der Waals surface area (Å²) in [7, 11) is -1.31. The molecule has 1 fully saturated rings. The van der Waals surface area contributed by atoms with Crippen LogP contribution in [0.2, 0.25) is 19.6 Å². The Bertz CT molecular complexity index is 332. The predicted octanol–water partition coefficient (Wildman–Crippen LogP) is 2.95. The minimum Gasteiger partial charge on any atom is -0.369 e. The van der Waals surface area contributed by atoms with Crippen molar-refractivity contribution >= 4 is 13.9 Å². The predicted molar refractivity (Wildman–Crippen MR) is 71.7 cm³/mol. The topological polar surface area (TPSA) is 21.1 Å². The molecule has 2 rings (SSSR count). The molecule has 0 unspecified atom stereocenters. The molecule has 0 spiro atoms. The summed E-state index contributed by atoms with van der Waals surface area (Å²) < 4.78 is 2.20. The lowest BCUT2D eigenvalue weighted by Crippen LogP contribution is -2.32. The highest BCUT2D eigenvalue weighted by atomic mass is 28.3.